The average Bonchev–Trinajstić information content (AvgIpc) is 2.94. The lowest BCUT2D eigenvalue weighted by molar-refractivity contribution is -0.148. The first kappa shape index (κ1) is 34.8. The molecule has 0 radical (unpaired) electrons. The van der Waals surface area contributed by atoms with Crippen LogP contribution in [0.15, 0.2) is 0 Å². The van der Waals surface area contributed by atoms with E-state index in [0.29, 0.717) is 26.4 Å². The molecular formula is C26H48N2O9. The normalized spacial score (nSPS) is 19.3. The van der Waals surface area contributed by atoms with Crippen LogP contribution in [0, 0.1) is 23.7 Å². The van der Waals surface area contributed by atoms with Gasteiger partial charge in [-0.1, -0.05) is 27.7 Å². The molecule has 4 N–H and O–H groups in total. The van der Waals surface area contributed by atoms with Crippen LogP contribution in [0.25, 0.3) is 0 Å². The molecule has 216 valence electrons. The number of carbonyl (C=O) groups excluding carboxylic acids is 3. The summed E-state index contributed by atoms with van der Waals surface area (Å²) in [5, 5.41) is 11.0. The van der Waals surface area contributed by atoms with Crippen molar-refractivity contribution in [1.29, 1.82) is 0 Å². The summed E-state index contributed by atoms with van der Waals surface area (Å²) >= 11 is 0. The van der Waals surface area contributed by atoms with Gasteiger partial charge in [-0.15, -0.1) is 0 Å². The number of nitrogens with two attached hydrogens (primary N) is 1. The van der Waals surface area contributed by atoms with Gasteiger partial charge in [0.25, 0.3) is 0 Å². The van der Waals surface area contributed by atoms with Gasteiger partial charge in [0.1, 0.15) is 12.1 Å². The zero-order valence-corrected chi connectivity index (χ0v) is 23.3. The molecule has 1 amide bonds. The van der Waals surface area contributed by atoms with Gasteiger partial charge in [0.15, 0.2) is 0 Å². The van der Waals surface area contributed by atoms with Crippen LogP contribution >= 0.6 is 0 Å². The molecule has 2 fully saturated rings. The molecular weight excluding hydrogens is 484 g/mol. The van der Waals surface area contributed by atoms with E-state index in [9.17, 15) is 19.2 Å². The molecule has 0 aromatic heterocycles. The van der Waals surface area contributed by atoms with Gasteiger partial charge in [-0.25, -0.2) is 4.79 Å². The quantitative estimate of drug-likeness (QED) is 0.375. The van der Waals surface area contributed by atoms with E-state index in [1.165, 1.54) is 14.2 Å². The van der Waals surface area contributed by atoms with Gasteiger partial charge in [-0.05, 0) is 50.4 Å². The van der Waals surface area contributed by atoms with Crippen molar-refractivity contribution >= 4 is 23.8 Å². The average molecular weight is 533 g/mol. The highest BCUT2D eigenvalue weighted by Crippen LogP contribution is 2.20. The van der Waals surface area contributed by atoms with Crippen molar-refractivity contribution in [3.8, 4) is 0 Å². The number of esters is 2. The van der Waals surface area contributed by atoms with E-state index in [2.05, 4.69) is 10.1 Å². The van der Waals surface area contributed by atoms with Crippen LogP contribution < -0.4 is 11.1 Å². The summed E-state index contributed by atoms with van der Waals surface area (Å²) in [6, 6.07) is -1.01. The van der Waals surface area contributed by atoms with Crippen molar-refractivity contribution in [1.82, 2.24) is 5.32 Å². The molecule has 0 saturated carbocycles. The fourth-order valence-corrected chi connectivity index (χ4v) is 3.60. The molecule has 0 aromatic carbocycles. The van der Waals surface area contributed by atoms with Crippen LogP contribution in [-0.4, -0.2) is 81.7 Å². The summed E-state index contributed by atoms with van der Waals surface area (Å²) in [6.45, 7) is 10.0. The first-order chi connectivity index (χ1) is 17.5. The number of amides is 1. The highest BCUT2D eigenvalue weighted by Gasteiger charge is 2.32. The standard InChI is InChI=1S/C13H23NO4.C8H15NO3.C5H10O2/c1-4-9(2)12(15)14-11(13(16)17-3)10-5-7-18-8-6-10;1-11-8(10)7(9)6-2-4-12-5-3-6;1-3-4(2)5(6)7/h9-11H,4-8H2,1-3H3,(H,14,15);6-7H,2-5,9H2,1H3;4H,3H2,1-2H3,(H,6,7)/t9-,11+;7-;4-/m101/s1. The molecule has 37 heavy (non-hydrogen) atoms. The Kier molecular flexibility index (Phi) is 18.6. The molecule has 2 rings (SSSR count). The second-order valence-corrected chi connectivity index (χ2v) is 9.41. The molecule has 0 aliphatic carbocycles. The maximum atomic E-state index is 11.9. The van der Waals surface area contributed by atoms with Crippen molar-refractivity contribution in [2.75, 3.05) is 40.6 Å². The molecule has 0 unspecified atom stereocenters. The SMILES string of the molecule is CC[C@@H](C)C(=O)N[C@H](C(=O)OC)C1CCOCC1.CC[C@@H](C)C(=O)O.COC(=O)[C@@H](N)C1CCOCC1. The highest BCUT2D eigenvalue weighted by atomic mass is 16.5. The Hall–Kier alpha value is -2.24. The van der Waals surface area contributed by atoms with Crippen LogP contribution in [0.2, 0.25) is 0 Å². The number of aliphatic carboxylic acids is 1. The van der Waals surface area contributed by atoms with Crippen LogP contribution in [-0.2, 0) is 38.1 Å². The predicted molar refractivity (Wildman–Crippen MR) is 138 cm³/mol. The van der Waals surface area contributed by atoms with Crippen molar-refractivity contribution in [3.63, 3.8) is 0 Å². The smallest absolute Gasteiger partial charge is 0.328 e. The summed E-state index contributed by atoms with van der Waals surface area (Å²) in [6.07, 6.45) is 4.75. The number of methoxy groups -OCH3 is 2. The van der Waals surface area contributed by atoms with Gasteiger partial charge < -0.3 is 35.1 Å². The Morgan fingerprint density at radius 1 is 0.838 bits per heavy atom. The van der Waals surface area contributed by atoms with E-state index in [1.807, 2.05) is 20.8 Å². The molecule has 0 bridgehead atoms. The zero-order valence-electron chi connectivity index (χ0n) is 23.3. The van der Waals surface area contributed by atoms with E-state index in [0.717, 1.165) is 38.5 Å². The lowest BCUT2D eigenvalue weighted by Crippen LogP contribution is -2.49. The summed E-state index contributed by atoms with van der Waals surface area (Å²) in [5.41, 5.74) is 5.67. The third kappa shape index (κ3) is 13.8. The van der Waals surface area contributed by atoms with Crippen LogP contribution in [0.3, 0.4) is 0 Å². The Morgan fingerprint density at radius 3 is 1.62 bits per heavy atom. The number of ether oxygens (including phenoxy) is 4. The largest absolute Gasteiger partial charge is 0.481 e. The first-order valence-corrected chi connectivity index (χ1v) is 13.1. The second-order valence-electron chi connectivity index (χ2n) is 9.41. The number of rotatable bonds is 9. The molecule has 2 aliphatic rings. The van der Waals surface area contributed by atoms with E-state index in [-0.39, 0.29) is 41.5 Å². The monoisotopic (exact) mass is 532 g/mol. The molecule has 11 heteroatoms. The minimum Gasteiger partial charge on any atom is -0.481 e. The molecule has 0 spiro atoms. The number of nitrogens with one attached hydrogen (secondary N) is 1. The highest BCUT2D eigenvalue weighted by molar-refractivity contribution is 5.85. The third-order valence-electron chi connectivity index (χ3n) is 6.83. The topological polar surface area (TPSA) is 163 Å². The van der Waals surface area contributed by atoms with Gasteiger partial charge in [-0.2, -0.15) is 0 Å². The first-order valence-electron chi connectivity index (χ1n) is 13.1. The molecule has 4 atom stereocenters. The Balaban J connectivity index is 0.000000586. The van der Waals surface area contributed by atoms with E-state index >= 15 is 0 Å². The summed E-state index contributed by atoms with van der Waals surface area (Å²) < 4.78 is 19.8. The zero-order chi connectivity index (χ0) is 28.4. The number of carbonyl (C=O) groups is 4. The summed E-state index contributed by atoms with van der Waals surface area (Å²) in [5.74, 6) is -1.40. The fourth-order valence-electron chi connectivity index (χ4n) is 3.60. The van der Waals surface area contributed by atoms with Crippen LogP contribution in [0.5, 0.6) is 0 Å². The Labute approximate surface area is 221 Å². The minimum atomic E-state index is -0.706. The Bertz CT molecular complexity index is 675. The lowest BCUT2D eigenvalue weighted by Gasteiger charge is -2.29. The fraction of sp³-hybridized carbons (Fsp3) is 0.846. The number of carboxylic acid groups (broad SMARTS) is 1. The molecule has 0 aromatic rings. The number of carboxylic acids is 1. The van der Waals surface area contributed by atoms with E-state index < -0.39 is 18.1 Å². The van der Waals surface area contributed by atoms with Gasteiger partial charge in [0, 0.05) is 32.3 Å². The van der Waals surface area contributed by atoms with E-state index in [1.54, 1.807) is 6.92 Å². The maximum Gasteiger partial charge on any atom is 0.328 e. The van der Waals surface area contributed by atoms with Crippen molar-refractivity contribution in [2.45, 2.75) is 78.3 Å². The summed E-state index contributed by atoms with van der Waals surface area (Å²) in [7, 11) is 2.71. The number of hydrogen-bond donors (Lipinski definition) is 3. The summed E-state index contributed by atoms with van der Waals surface area (Å²) in [4.78, 5) is 44.6. The predicted octanol–water partition coefficient (Wildman–Crippen LogP) is 2.15. The van der Waals surface area contributed by atoms with Crippen LogP contribution in [0.4, 0.5) is 0 Å². The van der Waals surface area contributed by atoms with Crippen LogP contribution in [0.1, 0.15) is 66.2 Å². The van der Waals surface area contributed by atoms with E-state index in [4.69, 9.17) is 25.1 Å². The minimum absolute atomic E-state index is 0.0839. The lowest BCUT2D eigenvalue weighted by atomic mass is 9.91. The molecule has 2 heterocycles. The molecule has 11 nitrogen and oxygen atoms in total. The maximum absolute atomic E-state index is 11.9. The molecule has 2 saturated heterocycles. The second kappa shape index (κ2) is 19.8. The number of hydrogen-bond acceptors (Lipinski definition) is 9. The van der Waals surface area contributed by atoms with Gasteiger partial charge >= 0.3 is 17.9 Å². The van der Waals surface area contributed by atoms with Gasteiger partial charge in [0.05, 0.1) is 20.1 Å². The van der Waals surface area contributed by atoms with Gasteiger partial charge in [0.2, 0.25) is 5.91 Å². The van der Waals surface area contributed by atoms with Crippen molar-refractivity contribution in [2.24, 2.45) is 29.4 Å². The molecule has 2 aliphatic heterocycles. The van der Waals surface area contributed by atoms with Crippen molar-refractivity contribution in [3.05, 3.63) is 0 Å². The van der Waals surface area contributed by atoms with Gasteiger partial charge in [-0.3, -0.25) is 14.4 Å². The third-order valence-corrected chi connectivity index (χ3v) is 6.83. The Morgan fingerprint density at radius 2 is 1.27 bits per heavy atom. The van der Waals surface area contributed by atoms with Crippen molar-refractivity contribution < 1.29 is 43.2 Å².